The second-order valence-corrected chi connectivity index (χ2v) is 4.66. The molecule has 0 amide bonds. The molecule has 0 spiro atoms. The van der Waals surface area contributed by atoms with Crippen LogP contribution in [-0.2, 0) is 0 Å². The molecule has 1 fully saturated rings. The molecule has 0 aliphatic carbocycles. The van der Waals surface area contributed by atoms with E-state index >= 15 is 0 Å². The highest BCUT2D eigenvalue weighted by Gasteiger charge is 2.22. The summed E-state index contributed by atoms with van der Waals surface area (Å²) >= 11 is 2.00. The van der Waals surface area contributed by atoms with Gasteiger partial charge >= 0.3 is 0 Å². The Hall–Kier alpha value is -0.640. The summed E-state index contributed by atoms with van der Waals surface area (Å²) < 4.78 is 5.25. The van der Waals surface area contributed by atoms with Gasteiger partial charge in [-0.3, -0.25) is 0 Å². The zero-order chi connectivity index (χ0) is 9.26. The van der Waals surface area contributed by atoms with Crippen molar-refractivity contribution in [2.45, 2.75) is 25.7 Å². The van der Waals surface area contributed by atoms with Crippen LogP contribution in [0.25, 0.3) is 0 Å². The number of hydrogen-bond donors (Lipinski definition) is 1. The number of anilines is 1. The van der Waals surface area contributed by atoms with Crippen LogP contribution in [0.15, 0.2) is 4.52 Å². The van der Waals surface area contributed by atoms with Crippen molar-refractivity contribution >= 4 is 17.4 Å². The van der Waals surface area contributed by atoms with Crippen molar-refractivity contribution in [2.75, 3.05) is 17.2 Å². The van der Waals surface area contributed by atoms with E-state index in [4.69, 9.17) is 10.3 Å². The molecule has 1 aromatic rings. The number of hydrogen-bond acceptors (Lipinski definition) is 4. The van der Waals surface area contributed by atoms with Crippen LogP contribution < -0.4 is 5.73 Å². The summed E-state index contributed by atoms with van der Waals surface area (Å²) in [6.07, 6.45) is 2.34. The summed E-state index contributed by atoms with van der Waals surface area (Å²) in [5, 5.41) is 3.88. The Bertz CT molecular complexity index is 292. The molecule has 2 N–H and O–H groups in total. The molecule has 2 rings (SSSR count). The minimum atomic E-state index is 0.502. The fourth-order valence-corrected chi connectivity index (χ4v) is 2.75. The molecule has 1 aromatic heterocycles. The van der Waals surface area contributed by atoms with Crippen LogP contribution >= 0.6 is 11.8 Å². The molecule has 0 radical (unpaired) electrons. The van der Waals surface area contributed by atoms with Crippen molar-refractivity contribution in [2.24, 2.45) is 0 Å². The van der Waals surface area contributed by atoms with Crippen LogP contribution in [0.4, 0.5) is 5.69 Å². The molecule has 0 atom stereocenters. The van der Waals surface area contributed by atoms with Crippen molar-refractivity contribution < 1.29 is 4.52 Å². The van der Waals surface area contributed by atoms with Crippen LogP contribution in [0.3, 0.4) is 0 Å². The molecule has 1 aliphatic rings. The number of nitrogens with two attached hydrogens (primary N) is 1. The van der Waals surface area contributed by atoms with Crippen molar-refractivity contribution in [3.8, 4) is 0 Å². The van der Waals surface area contributed by atoms with E-state index < -0.39 is 0 Å². The fourth-order valence-electron chi connectivity index (χ4n) is 1.65. The maximum atomic E-state index is 5.87. The molecule has 0 aromatic carbocycles. The van der Waals surface area contributed by atoms with Gasteiger partial charge in [-0.05, 0) is 31.3 Å². The van der Waals surface area contributed by atoms with E-state index in [0.717, 1.165) is 17.1 Å². The monoisotopic (exact) mass is 198 g/mol. The van der Waals surface area contributed by atoms with Crippen LogP contribution in [0.1, 0.15) is 30.2 Å². The maximum absolute atomic E-state index is 5.87. The van der Waals surface area contributed by atoms with E-state index in [1.807, 2.05) is 18.7 Å². The topological polar surface area (TPSA) is 52.0 Å². The largest absolute Gasteiger partial charge is 0.394 e. The van der Waals surface area contributed by atoms with Gasteiger partial charge in [0.25, 0.3) is 0 Å². The molecule has 2 heterocycles. The van der Waals surface area contributed by atoms with E-state index in [1.165, 1.54) is 24.3 Å². The maximum Gasteiger partial charge on any atom is 0.162 e. The van der Waals surface area contributed by atoms with Crippen LogP contribution in [-0.4, -0.2) is 16.7 Å². The molecule has 4 heteroatoms. The third-order valence-electron chi connectivity index (χ3n) is 2.53. The lowest BCUT2D eigenvalue weighted by Crippen LogP contribution is -2.08. The average molecular weight is 198 g/mol. The van der Waals surface area contributed by atoms with Crippen LogP contribution in [0.2, 0.25) is 0 Å². The highest BCUT2D eigenvalue weighted by atomic mass is 32.2. The summed E-state index contributed by atoms with van der Waals surface area (Å²) in [4.78, 5) is 0. The molecular weight excluding hydrogens is 184 g/mol. The van der Waals surface area contributed by atoms with Crippen molar-refractivity contribution in [1.82, 2.24) is 5.16 Å². The third kappa shape index (κ3) is 1.68. The van der Waals surface area contributed by atoms with Gasteiger partial charge in [0.05, 0.1) is 5.69 Å². The molecule has 13 heavy (non-hydrogen) atoms. The number of aromatic nitrogens is 1. The molecule has 0 unspecified atom stereocenters. The Labute approximate surface area is 82.0 Å². The Balaban J connectivity index is 2.18. The first-order chi connectivity index (χ1) is 6.29. The zero-order valence-electron chi connectivity index (χ0n) is 7.75. The van der Waals surface area contributed by atoms with Gasteiger partial charge in [-0.1, -0.05) is 5.16 Å². The quantitative estimate of drug-likeness (QED) is 0.751. The van der Waals surface area contributed by atoms with Crippen LogP contribution in [0.5, 0.6) is 0 Å². The number of nitrogen functional groups attached to an aromatic ring is 1. The van der Waals surface area contributed by atoms with Gasteiger partial charge in [0.15, 0.2) is 5.76 Å². The molecule has 0 saturated carbocycles. The first kappa shape index (κ1) is 8.94. The van der Waals surface area contributed by atoms with Crippen molar-refractivity contribution in [3.63, 3.8) is 0 Å². The van der Waals surface area contributed by atoms with E-state index in [9.17, 15) is 0 Å². The lowest BCUT2D eigenvalue weighted by atomic mass is 9.98. The smallest absolute Gasteiger partial charge is 0.162 e. The standard InChI is InChI=1S/C9H14N2OS/c1-6-8(10)9(12-11-6)7-2-4-13-5-3-7/h7H,2-5,10H2,1H3. The molecule has 3 nitrogen and oxygen atoms in total. The van der Waals surface area contributed by atoms with Gasteiger partial charge in [-0.15, -0.1) is 0 Å². The molecular formula is C9H14N2OS. The number of thioether (sulfide) groups is 1. The lowest BCUT2D eigenvalue weighted by Gasteiger charge is -2.18. The summed E-state index contributed by atoms with van der Waals surface area (Å²) in [5.74, 6) is 3.84. The Morgan fingerprint density at radius 1 is 1.46 bits per heavy atom. The first-order valence-corrected chi connectivity index (χ1v) is 5.74. The van der Waals surface area contributed by atoms with Crippen molar-refractivity contribution in [1.29, 1.82) is 0 Å². The highest BCUT2D eigenvalue weighted by molar-refractivity contribution is 7.99. The summed E-state index contributed by atoms with van der Waals surface area (Å²) in [6.45, 7) is 1.89. The Morgan fingerprint density at radius 3 is 2.69 bits per heavy atom. The minimum Gasteiger partial charge on any atom is -0.394 e. The highest BCUT2D eigenvalue weighted by Crippen LogP contribution is 2.35. The fraction of sp³-hybridized carbons (Fsp3) is 0.667. The van der Waals surface area contributed by atoms with Gasteiger partial charge in [0.2, 0.25) is 0 Å². The van der Waals surface area contributed by atoms with E-state index in [-0.39, 0.29) is 0 Å². The Morgan fingerprint density at radius 2 is 2.15 bits per heavy atom. The summed E-state index contributed by atoms with van der Waals surface area (Å²) in [5.41, 5.74) is 7.46. The second-order valence-electron chi connectivity index (χ2n) is 3.43. The molecule has 0 bridgehead atoms. The zero-order valence-corrected chi connectivity index (χ0v) is 8.56. The van der Waals surface area contributed by atoms with Crippen LogP contribution in [0, 0.1) is 6.92 Å². The van der Waals surface area contributed by atoms with E-state index in [1.54, 1.807) is 0 Å². The first-order valence-electron chi connectivity index (χ1n) is 4.58. The third-order valence-corrected chi connectivity index (χ3v) is 3.58. The summed E-state index contributed by atoms with van der Waals surface area (Å²) in [7, 11) is 0. The second kappa shape index (κ2) is 3.62. The summed E-state index contributed by atoms with van der Waals surface area (Å²) in [6, 6.07) is 0. The number of aryl methyl sites for hydroxylation is 1. The SMILES string of the molecule is Cc1noc(C2CCSCC2)c1N. The van der Waals surface area contributed by atoms with Crippen molar-refractivity contribution in [3.05, 3.63) is 11.5 Å². The lowest BCUT2D eigenvalue weighted by molar-refractivity contribution is 0.351. The molecule has 1 aliphatic heterocycles. The average Bonchev–Trinajstić information content (AvgIpc) is 2.49. The number of nitrogens with zero attached hydrogens (tertiary/aromatic N) is 1. The van der Waals surface area contributed by atoms with Gasteiger partial charge in [0.1, 0.15) is 5.69 Å². The minimum absolute atomic E-state index is 0.502. The van der Waals surface area contributed by atoms with E-state index in [2.05, 4.69) is 5.16 Å². The van der Waals surface area contributed by atoms with Gasteiger partial charge < -0.3 is 10.3 Å². The Kier molecular flexibility index (Phi) is 2.49. The predicted molar refractivity (Wildman–Crippen MR) is 55.0 cm³/mol. The molecule has 72 valence electrons. The number of rotatable bonds is 1. The van der Waals surface area contributed by atoms with E-state index in [0.29, 0.717) is 5.92 Å². The van der Waals surface area contributed by atoms with Gasteiger partial charge in [-0.25, -0.2) is 0 Å². The normalized spacial score (nSPS) is 19.2. The van der Waals surface area contributed by atoms with Gasteiger partial charge in [0, 0.05) is 5.92 Å². The van der Waals surface area contributed by atoms with Gasteiger partial charge in [-0.2, -0.15) is 11.8 Å². The molecule has 1 saturated heterocycles. The predicted octanol–water partition coefficient (Wildman–Crippen LogP) is 2.18.